The first-order chi connectivity index (χ1) is 9.32. The number of rotatable bonds is 2. The molecular weight excluding hydrogens is 277 g/mol. The smallest absolute Gasteiger partial charge is 0.451 e. The summed E-state index contributed by atoms with van der Waals surface area (Å²) < 4.78 is 42.2. The van der Waals surface area contributed by atoms with E-state index in [0.29, 0.717) is 0 Å². The van der Waals surface area contributed by atoms with E-state index < -0.39 is 29.8 Å². The van der Waals surface area contributed by atoms with Crippen molar-refractivity contribution in [3.63, 3.8) is 0 Å². The van der Waals surface area contributed by atoms with Crippen molar-refractivity contribution in [3.05, 3.63) is 23.8 Å². The predicted octanol–water partition coefficient (Wildman–Crippen LogP) is 1.60. The minimum Gasteiger partial charge on any atom is -0.465 e. The number of amides is 1. The van der Waals surface area contributed by atoms with Crippen molar-refractivity contribution >= 4 is 23.4 Å². The van der Waals surface area contributed by atoms with Crippen molar-refractivity contribution in [1.82, 2.24) is 0 Å². The third kappa shape index (κ3) is 2.68. The van der Waals surface area contributed by atoms with Gasteiger partial charge in [0.2, 0.25) is 5.84 Å². The Bertz CT molecular complexity index is 585. The highest BCUT2D eigenvalue weighted by atomic mass is 19.4. The number of ether oxygens (including phenoxy) is 1. The normalized spacial score (nSPS) is 21.7. The summed E-state index contributed by atoms with van der Waals surface area (Å²) in [5.74, 6) is -3.97. The maximum absolute atomic E-state index is 12.5. The third-order valence-corrected chi connectivity index (χ3v) is 2.56. The second-order valence-corrected chi connectivity index (χ2v) is 3.95. The summed E-state index contributed by atoms with van der Waals surface area (Å²) in [5, 5.41) is 0. The Morgan fingerprint density at radius 3 is 2.70 bits per heavy atom. The Balaban J connectivity index is 2.31. The van der Waals surface area contributed by atoms with Crippen molar-refractivity contribution in [2.75, 3.05) is 6.61 Å². The molecule has 0 aromatic heterocycles. The van der Waals surface area contributed by atoms with Gasteiger partial charge in [0.15, 0.2) is 0 Å². The molecule has 106 valence electrons. The second-order valence-electron chi connectivity index (χ2n) is 3.95. The molecule has 20 heavy (non-hydrogen) atoms. The molecule has 1 aliphatic heterocycles. The molecule has 0 saturated heterocycles. The van der Waals surface area contributed by atoms with Crippen LogP contribution in [0.4, 0.5) is 13.2 Å². The quantitative estimate of drug-likeness (QED) is 0.724. The minimum atomic E-state index is -4.79. The number of halogens is 3. The summed E-state index contributed by atoms with van der Waals surface area (Å²) in [5.41, 5.74) is -0.281. The van der Waals surface area contributed by atoms with E-state index in [-0.39, 0.29) is 17.9 Å². The molecule has 0 bridgehead atoms. The molecule has 1 unspecified atom stereocenters. The molecular formula is C12H9F3N2O3. The van der Waals surface area contributed by atoms with Crippen LogP contribution in [0.3, 0.4) is 0 Å². The van der Waals surface area contributed by atoms with Crippen LogP contribution in [-0.4, -0.2) is 36.2 Å². The van der Waals surface area contributed by atoms with Gasteiger partial charge in [0.25, 0.3) is 5.91 Å². The van der Waals surface area contributed by atoms with Gasteiger partial charge in [-0.2, -0.15) is 18.2 Å². The fraction of sp³-hybridized carbons (Fsp3) is 0.333. The lowest BCUT2D eigenvalue weighted by molar-refractivity contribution is -0.144. The molecule has 0 spiro atoms. The Hall–Kier alpha value is -2.25. The van der Waals surface area contributed by atoms with Gasteiger partial charge in [0, 0.05) is 0 Å². The number of fused-ring (bicyclic) bond motifs is 1. The van der Waals surface area contributed by atoms with Gasteiger partial charge in [-0.15, -0.1) is 0 Å². The molecule has 1 atom stereocenters. The standard InChI is InChI=1S/C12H9F3N2O3/c1-2-20-10(19)6-3-4-8-7(5-6)9(18)17-11(16-8)12(13,14)15/h3-6H,2H2,1H3. The molecule has 0 aromatic carbocycles. The number of hydrogen-bond donors (Lipinski definition) is 0. The molecule has 8 heteroatoms. The number of hydrogen-bond acceptors (Lipinski definition) is 4. The maximum Gasteiger partial charge on any atom is 0.451 e. The van der Waals surface area contributed by atoms with Crippen LogP contribution < -0.4 is 0 Å². The molecule has 0 N–H and O–H groups in total. The lowest BCUT2D eigenvalue weighted by Gasteiger charge is -2.18. The molecule has 0 aromatic rings. The van der Waals surface area contributed by atoms with E-state index in [0.717, 1.165) is 0 Å². The van der Waals surface area contributed by atoms with Crippen LogP contribution in [0.1, 0.15) is 6.92 Å². The lowest BCUT2D eigenvalue weighted by Crippen LogP contribution is -2.31. The van der Waals surface area contributed by atoms with Crippen LogP contribution in [0, 0.1) is 5.92 Å². The molecule has 1 aliphatic carbocycles. The predicted molar refractivity (Wildman–Crippen MR) is 63.3 cm³/mol. The zero-order valence-electron chi connectivity index (χ0n) is 10.3. The van der Waals surface area contributed by atoms with E-state index in [1.54, 1.807) is 6.92 Å². The first-order valence-corrected chi connectivity index (χ1v) is 5.69. The molecule has 2 rings (SSSR count). The number of amidine groups is 1. The first kappa shape index (κ1) is 14.2. The van der Waals surface area contributed by atoms with Crippen LogP contribution in [0.25, 0.3) is 0 Å². The van der Waals surface area contributed by atoms with Crippen molar-refractivity contribution in [1.29, 1.82) is 0 Å². The van der Waals surface area contributed by atoms with E-state index in [9.17, 15) is 22.8 Å². The minimum absolute atomic E-state index is 0.126. The van der Waals surface area contributed by atoms with Crippen LogP contribution in [0.5, 0.6) is 0 Å². The van der Waals surface area contributed by atoms with E-state index >= 15 is 0 Å². The Morgan fingerprint density at radius 1 is 1.40 bits per heavy atom. The van der Waals surface area contributed by atoms with E-state index in [1.165, 1.54) is 18.2 Å². The van der Waals surface area contributed by atoms with Crippen LogP contribution in [-0.2, 0) is 14.3 Å². The third-order valence-electron chi connectivity index (χ3n) is 2.56. The maximum atomic E-state index is 12.5. The number of carbonyl (C=O) groups is 2. The van der Waals surface area contributed by atoms with Crippen molar-refractivity contribution in [3.8, 4) is 0 Å². The topological polar surface area (TPSA) is 68.1 Å². The van der Waals surface area contributed by atoms with Gasteiger partial charge in [0.05, 0.1) is 23.8 Å². The van der Waals surface area contributed by atoms with E-state index in [2.05, 4.69) is 9.98 Å². The van der Waals surface area contributed by atoms with Crippen LogP contribution in [0.15, 0.2) is 33.8 Å². The first-order valence-electron chi connectivity index (χ1n) is 5.69. The zero-order valence-corrected chi connectivity index (χ0v) is 10.3. The molecule has 1 amide bonds. The van der Waals surface area contributed by atoms with Gasteiger partial charge >= 0.3 is 12.1 Å². The summed E-state index contributed by atoms with van der Waals surface area (Å²) in [4.78, 5) is 29.3. The Morgan fingerprint density at radius 2 is 2.10 bits per heavy atom. The largest absolute Gasteiger partial charge is 0.465 e. The number of esters is 1. The number of alkyl halides is 3. The fourth-order valence-electron chi connectivity index (χ4n) is 1.69. The number of aliphatic imine (C=N–C) groups is 2. The number of carbonyl (C=O) groups excluding carboxylic acids is 2. The van der Waals surface area contributed by atoms with Crippen LogP contribution >= 0.6 is 0 Å². The molecule has 0 radical (unpaired) electrons. The highest BCUT2D eigenvalue weighted by molar-refractivity contribution is 6.33. The SMILES string of the molecule is CCOC(=O)C1C=CC2=NC(C(F)(F)F)=NC(=O)C2=C1. The highest BCUT2D eigenvalue weighted by Gasteiger charge is 2.40. The number of nitrogens with zero attached hydrogens (tertiary/aromatic N) is 2. The Kier molecular flexibility index (Phi) is 3.56. The van der Waals surface area contributed by atoms with Crippen molar-refractivity contribution in [2.24, 2.45) is 15.9 Å². The van der Waals surface area contributed by atoms with Crippen molar-refractivity contribution in [2.45, 2.75) is 13.1 Å². The fourth-order valence-corrected chi connectivity index (χ4v) is 1.69. The lowest BCUT2D eigenvalue weighted by atomic mass is 9.94. The summed E-state index contributed by atoms with van der Waals surface area (Å²) in [6, 6.07) is 0. The van der Waals surface area contributed by atoms with Crippen LogP contribution in [0.2, 0.25) is 0 Å². The highest BCUT2D eigenvalue weighted by Crippen LogP contribution is 2.25. The summed E-state index contributed by atoms with van der Waals surface area (Å²) in [6.07, 6.45) is -1.07. The van der Waals surface area contributed by atoms with Gasteiger partial charge in [-0.1, -0.05) is 12.2 Å². The van der Waals surface area contributed by atoms with Gasteiger partial charge in [0.1, 0.15) is 0 Å². The molecule has 0 saturated carbocycles. The van der Waals surface area contributed by atoms with E-state index in [1.807, 2.05) is 0 Å². The van der Waals surface area contributed by atoms with Gasteiger partial charge in [-0.05, 0) is 13.0 Å². The molecule has 0 fully saturated rings. The molecule has 2 aliphatic rings. The van der Waals surface area contributed by atoms with Gasteiger partial charge in [-0.3, -0.25) is 9.59 Å². The second kappa shape index (κ2) is 5.03. The van der Waals surface area contributed by atoms with Gasteiger partial charge in [-0.25, -0.2) is 4.99 Å². The average Bonchev–Trinajstić information content (AvgIpc) is 2.37. The van der Waals surface area contributed by atoms with Gasteiger partial charge < -0.3 is 4.74 Å². The zero-order chi connectivity index (χ0) is 14.9. The average molecular weight is 286 g/mol. The monoisotopic (exact) mass is 286 g/mol. The molecule has 5 nitrogen and oxygen atoms in total. The number of allylic oxidation sites excluding steroid dienone is 1. The van der Waals surface area contributed by atoms with Crippen molar-refractivity contribution < 1.29 is 27.5 Å². The summed E-state index contributed by atoms with van der Waals surface area (Å²) >= 11 is 0. The van der Waals surface area contributed by atoms with E-state index in [4.69, 9.17) is 4.74 Å². The molecule has 1 heterocycles. The Labute approximate surface area is 111 Å². The summed E-state index contributed by atoms with van der Waals surface area (Å²) in [7, 11) is 0. The summed E-state index contributed by atoms with van der Waals surface area (Å²) in [6.45, 7) is 1.79.